The molecule has 3 aromatic rings. The van der Waals surface area contributed by atoms with Crippen molar-refractivity contribution in [2.75, 3.05) is 11.9 Å². The van der Waals surface area contributed by atoms with Crippen LogP contribution < -0.4 is 20.5 Å². The average molecular weight is 399 g/mol. The van der Waals surface area contributed by atoms with Crippen molar-refractivity contribution in [2.24, 2.45) is 0 Å². The van der Waals surface area contributed by atoms with Crippen LogP contribution in [-0.2, 0) is 6.61 Å². The number of hydrogen-bond acceptors (Lipinski definition) is 4. The van der Waals surface area contributed by atoms with Crippen LogP contribution in [-0.4, -0.2) is 17.2 Å². The van der Waals surface area contributed by atoms with Crippen LogP contribution in [0.15, 0.2) is 71.7 Å². The third-order valence-electron chi connectivity index (χ3n) is 3.88. The Morgan fingerprint density at radius 3 is 2.57 bits per heavy atom. The summed E-state index contributed by atoms with van der Waals surface area (Å²) in [5, 5.41) is 3.33. The Hall–Kier alpha value is -3.25. The van der Waals surface area contributed by atoms with E-state index >= 15 is 0 Å². The zero-order chi connectivity index (χ0) is 19.9. The molecule has 7 heteroatoms. The highest BCUT2D eigenvalue weighted by molar-refractivity contribution is 6.30. The number of anilines is 1. The monoisotopic (exact) mass is 398 g/mol. The van der Waals surface area contributed by atoms with Crippen molar-refractivity contribution >= 4 is 23.2 Å². The Bertz CT molecular complexity index is 1020. The molecule has 0 radical (unpaired) electrons. The topological polar surface area (TPSA) is 69.6 Å². The summed E-state index contributed by atoms with van der Waals surface area (Å²) in [7, 11) is 0. The van der Waals surface area contributed by atoms with Gasteiger partial charge < -0.3 is 14.9 Å². The van der Waals surface area contributed by atoms with Crippen LogP contribution >= 0.6 is 11.6 Å². The number of carbonyl (C=O) groups excluding carboxylic acids is 1. The van der Waals surface area contributed by atoms with Gasteiger partial charge >= 0.3 is 0 Å². The lowest BCUT2D eigenvalue weighted by molar-refractivity contribution is 0.0863. The summed E-state index contributed by atoms with van der Waals surface area (Å²) in [6, 6.07) is 17.1. The molecule has 0 fully saturated rings. The normalized spacial score (nSPS) is 10.4. The smallest absolute Gasteiger partial charge is 0.295 e. The maximum atomic E-state index is 12.6. The molecule has 6 nitrogen and oxygen atoms in total. The minimum Gasteiger partial charge on any atom is -0.492 e. The number of nitrogens with zero attached hydrogens (tertiary/aromatic N) is 1. The second-order valence-electron chi connectivity index (χ2n) is 5.84. The number of nitrogens with one attached hydrogen (secondary N) is 1. The number of hydrogen-bond donors (Lipinski definition) is 1. The van der Waals surface area contributed by atoms with Crippen LogP contribution in [0.2, 0.25) is 5.02 Å². The van der Waals surface area contributed by atoms with E-state index in [2.05, 4.69) is 5.32 Å². The van der Waals surface area contributed by atoms with Gasteiger partial charge in [-0.1, -0.05) is 35.9 Å². The van der Waals surface area contributed by atoms with E-state index in [1.807, 2.05) is 6.92 Å². The Labute approximate surface area is 167 Å². The second kappa shape index (κ2) is 9.10. The Morgan fingerprint density at radius 2 is 1.82 bits per heavy atom. The van der Waals surface area contributed by atoms with Gasteiger partial charge in [-0.3, -0.25) is 9.59 Å². The zero-order valence-corrected chi connectivity index (χ0v) is 16.0. The second-order valence-corrected chi connectivity index (χ2v) is 6.27. The fourth-order valence-corrected chi connectivity index (χ4v) is 2.64. The predicted octanol–water partition coefficient (Wildman–Crippen LogP) is 3.78. The summed E-state index contributed by atoms with van der Waals surface area (Å²) < 4.78 is 6.53. The summed E-state index contributed by atoms with van der Waals surface area (Å²) in [5.41, 5.74) is 0.746. The van der Waals surface area contributed by atoms with E-state index in [0.29, 0.717) is 23.1 Å². The number of ether oxygens (including phenoxy) is 1. The average Bonchev–Trinajstić information content (AvgIpc) is 2.70. The van der Waals surface area contributed by atoms with Crippen molar-refractivity contribution in [3.63, 3.8) is 0 Å². The van der Waals surface area contributed by atoms with Gasteiger partial charge in [0.25, 0.3) is 11.5 Å². The molecule has 0 atom stereocenters. The molecule has 0 unspecified atom stereocenters. The fraction of sp³-hybridized carbons (Fsp3) is 0.143. The van der Waals surface area contributed by atoms with Gasteiger partial charge in [-0.25, -0.2) is 0 Å². The largest absolute Gasteiger partial charge is 0.492 e. The lowest BCUT2D eigenvalue weighted by atomic mass is 10.2. The van der Waals surface area contributed by atoms with Crippen LogP contribution in [0.1, 0.15) is 22.8 Å². The number of amides is 1. The number of aromatic nitrogens is 1. The number of pyridine rings is 1. The summed E-state index contributed by atoms with van der Waals surface area (Å²) >= 11 is 5.86. The first-order chi connectivity index (χ1) is 13.6. The van der Waals surface area contributed by atoms with Gasteiger partial charge in [0, 0.05) is 11.2 Å². The third-order valence-corrected chi connectivity index (χ3v) is 4.13. The van der Waals surface area contributed by atoms with Gasteiger partial charge in [0.1, 0.15) is 17.9 Å². The van der Waals surface area contributed by atoms with Crippen molar-refractivity contribution in [1.82, 2.24) is 4.73 Å². The molecular weight excluding hydrogens is 380 g/mol. The molecule has 1 aromatic heterocycles. The lowest BCUT2D eigenvalue weighted by Gasteiger charge is -2.12. The molecular formula is C21H19ClN2O4. The first-order valence-electron chi connectivity index (χ1n) is 8.71. The first kappa shape index (κ1) is 19.5. The molecule has 0 saturated carbocycles. The highest BCUT2D eigenvalue weighted by Crippen LogP contribution is 2.24. The standard InChI is InChI=1S/C21H19ClN2O4/c1-2-27-19-8-4-3-7-18(19)23-20(25)17-6-5-13-24(21(17)26)28-14-15-9-11-16(22)12-10-15/h3-13H,2,14H2,1H3,(H,23,25). The van der Waals surface area contributed by atoms with E-state index in [-0.39, 0.29) is 12.2 Å². The lowest BCUT2D eigenvalue weighted by Crippen LogP contribution is -2.32. The van der Waals surface area contributed by atoms with E-state index in [1.165, 1.54) is 12.3 Å². The fourth-order valence-electron chi connectivity index (χ4n) is 2.52. The minimum absolute atomic E-state index is 0.0371. The molecule has 0 spiro atoms. The van der Waals surface area contributed by atoms with Crippen molar-refractivity contribution in [3.05, 3.63) is 93.4 Å². The summed E-state index contributed by atoms with van der Waals surface area (Å²) in [6.07, 6.45) is 1.46. The molecule has 0 aliphatic carbocycles. The molecule has 144 valence electrons. The zero-order valence-electron chi connectivity index (χ0n) is 15.2. The molecule has 0 saturated heterocycles. The maximum Gasteiger partial charge on any atom is 0.295 e. The molecule has 2 aromatic carbocycles. The third kappa shape index (κ3) is 4.72. The van der Waals surface area contributed by atoms with Crippen molar-refractivity contribution in [2.45, 2.75) is 13.5 Å². The van der Waals surface area contributed by atoms with Gasteiger partial charge in [-0.2, -0.15) is 4.73 Å². The molecule has 3 rings (SSSR count). The van der Waals surface area contributed by atoms with E-state index in [4.69, 9.17) is 21.2 Å². The molecule has 0 bridgehead atoms. The molecule has 1 amide bonds. The van der Waals surface area contributed by atoms with Gasteiger partial charge in [0.05, 0.1) is 12.3 Å². The summed E-state index contributed by atoms with van der Waals surface area (Å²) in [4.78, 5) is 30.7. The number of halogens is 1. The molecule has 1 N–H and O–H groups in total. The first-order valence-corrected chi connectivity index (χ1v) is 9.09. The van der Waals surface area contributed by atoms with Crippen molar-refractivity contribution in [3.8, 4) is 5.75 Å². The van der Waals surface area contributed by atoms with Crippen LogP contribution in [0.3, 0.4) is 0 Å². The van der Waals surface area contributed by atoms with Gasteiger partial charge in [0.2, 0.25) is 0 Å². The minimum atomic E-state index is -0.553. The highest BCUT2D eigenvalue weighted by atomic mass is 35.5. The predicted molar refractivity (Wildman–Crippen MR) is 108 cm³/mol. The van der Waals surface area contributed by atoms with Crippen LogP contribution in [0.25, 0.3) is 0 Å². The highest BCUT2D eigenvalue weighted by Gasteiger charge is 2.15. The Morgan fingerprint density at radius 1 is 1.07 bits per heavy atom. The number of carbonyl (C=O) groups is 1. The van der Waals surface area contributed by atoms with Gasteiger partial charge in [-0.15, -0.1) is 0 Å². The van der Waals surface area contributed by atoms with E-state index in [1.54, 1.807) is 54.6 Å². The molecule has 0 aliphatic heterocycles. The van der Waals surface area contributed by atoms with Crippen LogP contribution in [0, 0.1) is 0 Å². The van der Waals surface area contributed by atoms with Crippen LogP contribution in [0.4, 0.5) is 5.69 Å². The van der Waals surface area contributed by atoms with Gasteiger partial charge in [0.15, 0.2) is 0 Å². The SMILES string of the molecule is CCOc1ccccc1NC(=O)c1cccn(OCc2ccc(Cl)cc2)c1=O. The quantitative estimate of drug-likeness (QED) is 0.657. The summed E-state index contributed by atoms with van der Waals surface area (Å²) in [5.74, 6) is -0.00445. The van der Waals surface area contributed by atoms with Crippen molar-refractivity contribution < 1.29 is 14.4 Å². The number of benzene rings is 2. The van der Waals surface area contributed by atoms with E-state index < -0.39 is 11.5 Å². The number of para-hydroxylation sites is 2. The maximum absolute atomic E-state index is 12.6. The summed E-state index contributed by atoms with van der Waals surface area (Å²) in [6.45, 7) is 2.48. The van der Waals surface area contributed by atoms with Gasteiger partial charge in [-0.05, 0) is 48.9 Å². The Balaban J connectivity index is 1.76. The Kier molecular flexibility index (Phi) is 6.34. The molecule has 0 aliphatic rings. The number of rotatable bonds is 7. The molecule has 1 heterocycles. The van der Waals surface area contributed by atoms with E-state index in [0.717, 1.165) is 10.3 Å². The van der Waals surface area contributed by atoms with Crippen molar-refractivity contribution in [1.29, 1.82) is 0 Å². The van der Waals surface area contributed by atoms with Crippen LogP contribution in [0.5, 0.6) is 5.75 Å². The van der Waals surface area contributed by atoms with E-state index in [9.17, 15) is 9.59 Å². The molecule has 28 heavy (non-hydrogen) atoms.